The van der Waals surface area contributed by atoms with Crippen LogP contribution in [0.25, 0.3) is 12.2 Å². The van der Waals surface area contributed by atoms with Gasteiger partial charge in [-0.2, -0.15) is 0 Å². The summed E-state index contributed by atoms with van der Waals surface area (Å²) in [5, 5.41) is 6.22. The fourth-order valence-electron chi connectivity index (χ4n) is 6.36. The molecule has 32 heavy (non-hydrogen) atoms. The van der Waals surface area contributed by atoms with E-state index in [-0.39, 0.29) is 17.4 Å². The number of hydrogen-bond acceptors (Lipinski definition) is 2. The lowest BCUT2D eigenvalue weighted by molar-refractivity contribution is -0.125. The maximum absolute atomic E-state index is 13.4. The Morgan fingerprint density at radius 1 is 0.781 bits per heavy atom. The minimum absolute atomic E-state index is 0.105. The molecule has 4 fully saturated rings. The third-order valence-electron chi connectivity index (χ3n) is 7.26. The molecule has 4 heteroatoms. The third-order valence-corrected chi connectivity index (χ3v) is 7.26. The fraction of sp³-hybridized carbons (Fsp3) is 0.357. The number of nitrogens with one attached hydrogen (secondary N) is 2. The standard InChI is InChI=1S/C28H30N2O2/c31-26(12-11-20-7-3-1-4-8-20)29-25(16-21-9-5-2-6-10-21)27(32)30-28-17-22-13-23(18-28)15-24(14-22)19-28/h1-12,16,22-24H,13-15,17-19H2,(H,29,31)(H,30,32)/b12-11-,25-16-. The van der Waals surface area contributed by atoms with Crippen LogP contribution in [0.15, 0.2) is 72.4 Å². The zero-order valence-electron chi connectivity index (χ0n) is 18.3. The minimum Gasteiger partial charge on any atom is -0.345 e. The molecule has 4 aliphatic rings. The Hall–Kier alpha value is -3.14. The van der Waals surface area contributed by atoms with Crippen LogP contribution >= 0.6 is 0 Å². The maximum Gasteiger partial charge on any atom is 0.268 e. The highest BCUT2D eigenvalue weighted by Gasteiger charge is 2.51. The van der Waals surface area contributed by atoms with E-state index >= 15 is 0 Å². The summed E-state index contributed by atoms with van der Waals surface area (Å²) >= 11 is 0. The molecular formula is C28H30N2O2. The first kappa shape index (κ1) is 20.7. The summed E-state index contributed by atoms with van der Waals surface area (Å²) in [5.41, 5.74) is 2.02. The van der Waals surface area contributed by atoms with E-state index in [1.807, 2.05) is 60.7 Å². The number of amides is 2. The van der Waals surface area contributed by atoms with Crippen molar-refractivity contribution in [3.8, 4) is 0 Å². The number of rotatable bonds is 6. The van der Waals surface area contributed by atoms with Gasteiger partial charge in [0.25, 0.3) is 5.91 Å². The average Bonchev–Trinajstić information content (AvgIpc) is 2.77. The van der Waals surface area contributed by atoms with Gasteiger partial charge >= 0.3 is 0 Å². The quantitative estimate of drug-likeness (QED) is 0.643. The summed E-state index contributed by atoms with van der Waals surface area (Å²) in [6.45, 7) is 0. The molecule has 0 saturated heterocycles. The van der Waals surface area contributed by atoms with Gasteiger partial charge in [-0.15, -0.1) is 0 Å². The van der Waals surface area contributed by atoms with E-state index in [4.69, 9.17) is 0 Å². The summed E-state index contributed by atoms with van der Waals surface area (Å²) < 4.78 is 0. The number of hydrogen-bond donors (Lipinski definition) is 2. The molecule has 2 aromatic rings. The highest BCUT2D eigenvalue weighted by atomic mass is 16.2. The molecule has 0 radical (unpaired) electrons. The Labute approximate surface area is 189 Å². The van der Waals surface area contributed by atoms with Gasteiger partial charge < -0.3 is 10.6 Å². The van der Waals surface area contributed by atoms with Crippen molar-refractivity contribution in [1.82, 2.24) is 10.6 Å². The molecule has 2 amide bonds. The van der Waals surface area contributed by atoms with Crippen molar-refractivity contribution in [2.24, 2.45) is 17.8 Å². The molecule has 2 aromatic carbocycles. The first-order chi connectivity index (χ1) is 15.6. The highest BCUT2D eigenvalue weighted by Crippen LogP contribution is 2.55. The van der Waals surface area contributed by atoms with E-state index < -0.39 is 0 Å². The van der Waals surface area contributed by atoms with Crippen LogP contribution < -0.4 is 10.6 Å². The lowest BCUT2D eigenvalue weighted by Gasteiger charge is -2.56. The van der Waals surface area contributed by atoms with Crippen molar-refractivity contribution in [3.05, 3.63) is 83.6 Å². The Kier molecular flexibility index (Phi) is 5.69. The van der Waals surface area contributed by atoms with E-state index in [1.54, 1.807) is 12.2 Å². The first-order valence-corrected chi connectivity index (χ1v) is 11.7. The zero-order chi connectivity index (χ0) is 22.0. The number of carbonyl (C=O) groups excluding carboxylic acids is 2. The van der Waals surface area contributed by atoms with Crippen molar-refractivity contribution >= 4 is 24.0 Å². The van der Waals surface area contributed by atoms with Gasteiger partial charge in [-0.05, 0) is 79.6 Å². The van der Waals surface area contributed by atoms with Crippen LogP contribution in [0.1, 0.15) is 49.7 Å². The van der Waals surface area contributed by atoms with Crippen LogP contribution in [0.4, 0.5) is 0 Å². The molecule has 0 unspecified atom stereocenters. The van der Waals surface area contributed by atoms with Crippen LogP contribution in [0, 0.1) is 17.8 Å². The fourth-order valence-corrected chi connectivity index (χ4v) is 6.36. The maximum atomic E-state index is 13.4. The molecule has 0 atom stereocenters. The monoisotopic (exact) mass is 426 g/mol. The summed E-state index contributed by atoms with van der Waals surface area (Å²) in [4.78, 5) is 26.1. The van der Waals surface area contributed by atoms with E-state index in [1.165, 1.54) is 25.3 Å². The van der Waals surface area contributed by atoms with Gasteiger partial charge in [-0.1, -0.05) is 60.7 Å². The Balaban J connectivity index is 1.34. The summed E-state index contributed by atoms with van der Waals surface area (Å²) in [5.74, 6) is 1.73. The predicted molar refractivity (Wildman–Crippen MR) is 127 cm³/mol. The second-order valence-corrected chi connectivity index (χ2v) is 9.85. The van der Waals surface area contributed by atoms with Crippen LogP contribution in [-0.4, -0.2) is 17.4 Å². The zero-order valence-corrected chi connectivity index (χ0v) is 18.3. The van der Waals surface area contributed by atoms with E-state index in [2.05, 4.69) is 10.6 Å². The lowest BCUT2D eigenvalue weighted by Crippen LogP contribution is -2.60. The Bertz CT molecular complexity index is 1000. The summed E-state index contributed by atoms with van der Waals surface area (Å²) in [6, 6.07) is 19.3. The van der Waals surface area contributed by atoms with Gasteiger partial charge in [-0.3, -0.25) is 9.59 Å². The van der Waals surface area contributed by atoms with Crippen molar-refractivity contribution in [2.75, 3.05) is 0 Å². The first-order valence-electron chi connectivity index (χ1n) is 11.7. The molecule has 4 nitrogen and oxygen atoms in total. The molecule has 2 N–H and O–H groups in total. The summed E-state index contributed by atoms with van der Waals surface area (Å²) in [6.07, 6.45) is 12.2. The number of carbonyl (C=O) groups is 2. The third kappa shape index (κ3) is 4.69. The van der Waals surface area contributed by atoms with Crippen molar-refractivity contribution < 1.29 is 9.59 Å². The van der Waals surface area contributed by atoms with Gasteiger partial charge in [0, 0.05) is 11.6 Å². The molecular weight excluding hydrogens is 396 g/mol. The Morgan fingerprint density at radius 2 is 1.31 bits per heavy atom. The van der Waals surface area contributed by atoms with Crippen molar-refractivity contribution in [2.45, 2.75) is 44.1 Å². The molecule has 0 aliphatic heterocycles. The molecule has 164 valence electrons. The number of benzene rings is 2. The molecule has 0 heterocycles. The summed E-state index contributed by atoms with van der Waals surface area (Å²) in [7, 11) is 0. The molecule has 0 spiro atoms. The molecule has 4 aliphatic carbocycles. The largest absolute Gasteiger partial charge is 0.345 e. The molecule has 0 aromatic heterocycles. The topological polar surface area (TPSA) is 58.2 Å². The normalized spacial score (nSPS) is 28.6. The second-order valence-electron chi connectivity index (χ2n) is 9.85. The smallest absolute Gasteiger partial charge is 0.268 e. The second kappa shape index (κ2) is 8.78. The average molecular weight is 427 g/mol. The van der Waals surface area contributed by atoms with Crippen molar-refractivity contribution in [1.29, 1.82) is 0 Å². The van der Waals surface area contributed by atoms with E-state index in [9.17, 15) is 9.59 Å². The van der Waals surface area contributed by atoms with Crippen LogP contribution in [-0.2, 0) is 9.59 Å². The van der Waals surface area contributed by atoms with E-state index in [0.717, 1.165) is 48.1 Å². The molecule has 4 bridgehead atoms. The van der Waals surface area contributed by atoms with Crippen LogP contribution in [0.2, 0.25) is 0 Å². The van der Waals surface area contributed by atoms with Gasteiger partial charge in [0.05, 0.1) is 0 Å². The van der Waals surface area contributed by atoms with Gasteiger partial charge in [-0.25, -0.2) is 0 Å². The minimum atomic E-state index is -0.309. The SMILES string of the molecule is O=C(/C=C\c1ccccc1)N/C(=C\c1ccccc1)C(=O)NC12CC3CC(CC(C3)C1)C2. The van der Waals surface area contributed by atoms with Gasteiger partial charge in [0.15, 0.2) is 0 Å². The molecule has 4 saturated carbocycles. The Morgan fingerprint density at radius 3 is 1.88 bits per heavy atom. The highest BCUT2D eigenvalue weighted by molar-refractivity contribution is 6.04. The van der Waals surface area contributed by atoms with Crippen molar-refractivity contribution in [3.63, 3.8) is 0 Å². The predicted octanol–water partition coefficient (Wildman–Crippen LogP) is 4.94. The van der Waals surface area contributed by atoms with Gasteiger partial charge in [0.1, 0.15) is 5.70 Å². The van der Waals surface area contributed by atoms with E-state index in [0.29, 0.717) is 5.70 Å². The van der Waals surface area contributed by atoms with Gasteiger partial charge in [0.2, 0.25) is 5.91 Å². The molecule has 6 rings (SSSR count). The lowest BCUT2D eigenvalue weighted by atomic mass is 9.53. The van der Waals surface area contributed by atoms with Crippen LogP contribution in [0.5, 0.6) is 0 Å². The van der Waals surface area contributed by atoms with Crippen LogP contribution in [0.3, 0.4) is 0 Å².